The number of nitro groups is 1. The van der Waals surface area contributed by atoms with Crippen LogP contribution in [0.1, 0.15) is 64.7 Å². The van der Waals surface area contributed by atoms with Crippen molar-refractivity contribution in [3.63, 3.8) is 0 Å². The summed E-state index contributed by atoms with van der Waals surface area (Å²) in [6, 6.07) is 0. The molecule has 0 saturated carbocycles. The van der Waals surface area contributed by atoms with E-state index < -0.39 is 18.9 Å². The van der Waals surface area contributed by atoms with E-state index in [0.717, 1.165) is 19.3 Å². The third-order valence-electron chi connectivity index (χ3n) is 3.50. The number of aliphatic imine (C=N–C) groups is 1. The molecule has 22 heavy (non-hydrogen) atoms. The highest BCUT2D eigenvalue weighted by molar-refractivity contribution is 9.59. The zero-order valence-corrected chi connectivity index (χ0v) is 15.5. The highest BCUT2D eigenvalue weighted by Crippen LogP contribution is 2.59. The molecule has 0 bridgehead atoms. The van der Waals surface area contributed by atoms with Gasteiger partial charge < -0.3 is 4.74 Å². The molecule has 128 valence electrons. The molecule has 0 spiro atoms. The zero-order chi connectivity index (χ0) is 16.4. The van der Waals surface area contributed by atoms with Crippen LogP contribution in [0.5, 0.6) is 0 Å². The molecule has 0 N–H and O–H groups in total. The molecule has 0 aromatic rings. The first-order valence-corrected chi connectivity index (χ1v) is 11.5. The second-order valence-electron chi connectivity index (χ2n) is 5.39. The number of carbonyl (C=O) groups excluding carboxylic acids is 1. The van der Waals surface area contributed by atoms with E-state index in [2.05, 4.69) is 26.7 Å². The van der Waals surface area contributed by atoms with E-state index in [1.807, 2.05) is 0 Å². The molecule has 0 amide bonds. The van der Waals surface area contributed by atoms with Crippen molar-refractivity contribution in [3.8, 4) is 0 Å². The van der Waals surface area contributed by atoms with Gasteiger partial charge in [-0.3, -0.25) is 14.9 Å². The molecule has 1 unspecified atom stereocenters. The van der Waals surface area contributed by atoms with Gasteiger partial charge in [0.05, 0.1) is 24.9 Å². The predicted molar refractivity (Wildman–Crippen MR) is 94.0 cm³/mol. The van der Waals surface area contributed by atoms with E-state index in [0.29, 0.717) is 25.1 Å². The first-order valence-electron chi connectivity index (χ1n) is 7.91. The quantitative estimate of drug-likeness (QED) is 0.244. The Bertz CT molecular complexity index is 420. The summed E-state index contributed by atoms with van der Waals surface area (Å²) in [5, 5.41) is 11.2. The Morgan fingerprint density at radius 2 is 1.95 bits per heavy atom. The minimum atomic E-state index is -2.50. The number of rotatable bonds is 9. The molecule has 0 saturated heterocycles. The summed E-state index contributed by atoms with van der Waals surface area (Å²) in [7, 11) is -2.50. The maximum absolute atomic E-state index is 11.8. The van der Waals surface area contributed by atoms with Gasteiger partial charge in [0.15, 0.2) is 8.65 Å². The monoisotopic (exact) mass is 396 g/mol. The van der Waals surface area contributed by atoms with Crippen molar-refractivity contribution in [2.45, 2.75) is 64.7 Å². The number of hydrogen-bond donors (Lipinski definition) is 0. The largest absolute Gasteiger partial charge is 0.397 e. The average molecular weight is 397 g/mol. The summed E-state index contributed by atoms with van der Waals surface area (Å²) < 4.78 is 4.78. The van der Waals surface area contributed by atoms with Crippen molar-refractivity contribution in [3.05, 3.63) is 10.1 Å². The van der Waals surface area contributed by atoms with Gasteiger partial charge >= 0.3 is 11.2 Å². The lowest BCUT2D eigenvalue weighted by Crippen LogP contribution is -2.27. The molecule has 0 aliphatic carbocycles. The average Bonchev–Trinajstić information content (AvgIpc) is 2.48. The van der Waals surface area contributed by atoms with Crippen molar-refractivity contribution in [1.29, 1.82) is 0 Å². The first kappa shape index (κ1) is 19.4. The molecule has 0 aromatic carbocycles. The third-order valence-corrected chi connectivity index (χ3v) is 8.06. The summed E-state index contributed by atoms with van der Waals surface area (Å²) in [5.74, 6) is -0.0452. The molecule has 6 nitrogen and oxygen atoms in total. The predicted octanol–water partition coefficient (Wildman–Crippen LogP) is 4.74. The minimum absolute atomic E-state index is 0.0169. The number of halogens is 1. The van der Waals surface area contributed by atoms with E-state index >= 15 is 0 Å². The molecule has 0 radical (unpaired) electrons. The fourth-order valence-electron chi connectivity index (χ4n) is 2.22. The number of unbranched alkanes of at least 4 members (excludes halogenated alkanes) is 6. The van der Waals surface area contributed by atoms with E-state index in [9.17, 15) is 14.9 Å². The van der Waals surface area contributed by atoms with Crippen LogP contribution < -0.4 is 0 Å². The fraction of sp³-hybridized carbons (Fsp3) is 0.857. The van der Waals surface area contributed by atoms with Gasteiger partial charge in [-0.15, -0.1) is 0 Å². The highest BCUT2D eigenvalue weighted by atomic mass is 79.9. The van der Waals surface area contributed by atoms with E-state index in [4.69, 9.17) is 4.74 Å². The van der Waals surface area contributed by atoms with Gasteiger partial charge in [0.2, 0.25) is 0 Å². The third kappa shape index (κ3) is 6.24. The van der Waals surface area contributed by atoms with Crippen molar-refractivity contribution < 1.29 is 13.9 Å². The SMILES string of the molecule is CCCCCCCCCC(=O)OC1=NCCCS1(Br)[N+](=O)[O-]. The zero-order valence-electron chi connectivity index (χ0n) is 13.1. The van der Waals surface area contributed by atoms with Crippen molar-refractivity contribution >= 4 is 34.7 Å². The van der Waals surface area contributed by atoms with Gasteiger partial charge in [0.1, 0.15) is 0 Å². The number of esters is 1. The normalized spacial score (nSPS) is 24.2. The molecule has 1 atom stereocenters. The summed E-state index contributed by atoms with van der Waals surface area (Å²) in [6.07, 6.45) is 8.75. The second kappa shape index (κ2) is 10.2. The van der Waals surface area contributed by atoms with Gasteiger partial charge in [-0.05, 0) is 12.8 Å². The van der Waals surface area contributed by atoms with Crippen LogP contribution in [0.4, 0.5) is 0 Å². The number of hydrogen-bond acceptors (Lipinski definition) is 5. The number of nitrogens with zero attached hydrogens (tertiary/aromatic N) is 2. The minimum Gasteiger partial charge on any atom is -0.397 e. The van der Waals surface area contributed by atoms with Crippen LogP contribution in [-0.4, -0.2) is 27.8 Å². The van der Waals surface area contributed by atoms with E-state index in [-0.39, 0.29) is 5.23 Å². The van der Waals surface area contributed by atoms with E-state index in [1.54, 1.807) is 0 Å². The molecule has 8 heteroatoms. The van der Waals surface area contributed by atoms with Gasteiger partial charge in [0, 0.05) is 13.0 Å². The van der Waals surface area contributed by atoms with Crippen LogP contribution in [0, 0.1) is 10.1 Å². The van der Waals surface area contributed by atoms with E-state index in [1.165, 1.54) is 25.7 Å². The smallest absolute Gasteiger partial charge is 0.313 e. The lowest BCUT2D eigenvalue weighted by Gasteiger charge is -2.26. The maximum Gasteiger partial charge on any atom is 0.313 e. The van der Waals surface area contributed by atoms with Gasteiger partial charge in [-0.2, -0.15) is 0 Å². The summed E-state index contributed by atoms with van der Waals surface area (Å²) in [6.45, 7) is 2.66. The number of carbonyl (C=O) groups is 1. The Morgan fingerprint density at radius 1 is 1.32 bits per heavy atom. The first-order chi connectivity index (χ1) is 10.5. The number of ether oxygens (including phenoxy) is 1. The van der Waals surface area contributed by atoms with Gasteiger partial charge in [0.25, 0.3) is 0 Å². The molecular weight excluding hydrogens is 372 g/mol. The Hall–Kier alpha value is -0.630. The van der Waals surface area contributed by atoms with Crippen LogP contribution in [0.2, 0.25) is 0 Å². The summed E-state index contributed by atoms with van der Waals surface area (Å²) >= 11 is 3.15. The summed E-state index contributed by atoms with van der Waals surface area (Å²) in [5.41, 5.74) is 0. The Morgan fingerprint density at radius 3 is 2.59 bits per heavy atom. The second-order valence-corrected chi connectivity index (χ2v) is 10.9. The van der Waals surface area contributed by atoms with Crippen LogP contribution in [0.3, 0.4) is 0 Å². The fourth-order valence-corrected chi connectivity index (χ4v) is 4.89. The molecule has 1 aliphatic heterocycles. The maximum atomic E-state index is 11.8. The molecule has 0 aromatic heterocycles. The van der Waals surface area contributed by atoms with Crippen LogP contribution in [0.15, 0.2) is 4.99 Å². The van der Waals surface area contributed by atoms with Crippen LogP contribution >= 0.6 is 23.5 Å². The Balaban J connectivity index is 2.29. The highest BCUT2D eigenvalue weighted by Gasteiger charge is 2.44. The van der Waals surface area contributed by atoms with Gasteiger partial charge in [-0.25, -0.2) is 4.99 Å². The van der Waals surface area contributed by atoms with Crippen LogP contribution in [0.25, 0.3) is 0 Å². The standard InChI is InChI=1S/C14H25BrN2O4S/c1-2-3-4-5-6-7-8-10-13(18)21-14-16-11-9-12-22(14,15)17(19)20/h2-12H2,1H3. The Labute approximate surface area is 140 Å². The van der Waals surface area contributed by atoms with Crippen LogP contribution in [-0.2, 0) is 9.53 Å². The van der Waals surface area contributed by atoms with Gasteiger partial charge in [-0.1, -0.05) is 45.4 Å². The lowest BCUT2D eigenvalue weighted by atomic mass is 10.1. The molecule has 1 heterocycles. The van der Waals surface area contributed by atoms with Crippen molar-refractivity contribution in [2.24, 2.45) is 4.99 Å². The van der Waals surface area contributed by atoms with Crippen molar-refractivity contribution in [2.75, 3.05) is 12.3 Å². The lowest BCUT2D eigenvalue weighted by molar-refractivity contribution is -0.290. The Kier molecular flexibility index (Phi) is 9.00. The van der Waals surface area contributed by atoms with Crippen molar-refractivity contribution in [1.82, 2.24) is 0 Å². The topological polar surface area (TPSA) is 81.8 Å². The molecule has 0 fully saturated rings. The molecular formula is C14H25BrN2O4S. The summed E-state index contributed by atoms with van der Waals surface area (Å²) in [4.78, 5) is 27.0. The molecule has 1 rings (SSSR count). The molecule has 1 aliphatic rings.